The SMILES string of the molecule is Cc1ccccc1CCNc1ncccc1OC(C)C. The van der Waals surface area contributed by atoms with E-state index in [2.05, 4.69) is 41.5 Å². The lowest BCUT2D eigenvalue weighted by atomic mass is 10.1. The molecule has 0 atom stereocenters. The molecule has 2 aromatic rings. The van der Waals surface area contributed by atoms with Crippen LogP contribution in [-0.4, -0.2) is 17.6 Å². The molecule has 0 spiro atoms. The van der Waals surface area contributed by atoms with Gasteiger partial charge in [-0.05, 0) is 50.5 Å². The van der Waals surface area contributed by atoms with Gasteiger partial charge in [0.2, 0.25) is 0 Å². The quantitative estimate of drug-likeness (QED) is 0.866. The number of benzene rings is 1. The molecule has 0 aliphatic carbocycles. The second-order valence-electron chi connectivity index (χ2n) is 5.12. The molecule has 0 fully saturated rings. The number of anilines is 1. The summed E-state index contributed by atoms with van der Waals surface area (Å²) >= 11 is 0. The van der Waals surface area contributed by atoms with Crippen molar-refractivity contribution in [3.63, 3.8) is 0 Å². The van der Waals surface area contributed by atoms with Gasteiger partial charge in [-0.3, -0.25) is 0 Å². The van der Waals surface area contributed by atoms with Gasteiger partial charge in [-0.1, -0.05) is 24.3 Å². The molecule has 0 aliphatic rings. The summed E-state index contributed by atoms with van der Waals surface area (Å²) in [4.78, 5) is 4.35. The van der Waals surface area contributed by atoms with Crippen LogP contribution in [0.1, 0.15) is 25.0 Å². The lowest BCUT2D eigenvalue weighted by Crippen LogP contribution is -2.11. The summed E-state index contributed by atoms with van der Waals surface area (Å²) in [5, 5.41) is 3.36. The number of pyridine rings is 1. The fourth-order valence-electron chi connectivity index (χ4n) is 2.08. The van der Waals surface area contributed by atoms with E-state index in [1.54, 1.807) is 6.20 Å². The number of ether oxygens (including phenoxy) is 1. The summed E-state index contributed by atoms with van der Waals surface area (Å²) in [6.07, 6.45) is 2.91. The van der Waals surface area contributed by atoms with Crippen LogP contribution in [0.2, 0.25) is 0 Å². The van der Waals surface area contributed by atoms with Crippen LogP contribution in [0.3, 0.4) is 0 Å². The van der Waals surface area contributed by atoms with Crippen LogP contribution >= 0.6 is 0 Å². The third-order valence-corrected chi connectivity index (χ3v) is 3.08. The first-order valence-corrected chi connectivity index (χ1v) is 7.07. The van der Waals surface area contributed by atoms with Crippen LogP contribution in [0.5, 0.6) is 5.75 Å². The van der Waals surface area contributed by atoms with Gasteiger partial charge in [0.1, 0.15) is 0 Å². The Hall–Kier alpha value is -2.03. The van der Waals surface area contributed by atoms with Crippen LogP contribution in [-0.2, 0) is 6.42 Å². The Labute approximate surface area is 121 Å². The Morgan fingerprint density at radius 1 is 1.15 bits per heavy atom. The van der Waals surface area contributed by atoms with Crippen molar-refractivity contribution >= 4 is 5.82 Å². The number of rotatable bonds is 6. The smallest absolute Gasteiger partial charge is 0.168 e. The number of hydrogen-bond acceptors (Lipinski definition) is 3. The standard InChI is InChI=1S/C17H22N2O/c1-13(2)20-16-9-6-11-18-17(16)19-12-10-15-8-5-4-7-14(15)3/h4-9,11,13H,10,12H2,1-3H3,(H,18,19). The summed E-state index contributed by atoms with van der Waals surface area (Å²) in [6.45, 7) is 7.02. The Morgan fingerprint density at radius 2 is 1.95 bits per heavy atom. The highest BCUT2D eigenvalue weighted by Crippen LogP contribution is 2.22. The number of aromatic nitrogens is 1. The van der Waals surface area contributed by atoms with Crippen LogP contribution in [0, 0.1) is 6.92 Å². The summed E-state index contributed by atoms with van der Waals surface area (Å²) in [5.74, 6) is 1.63. The van der Waals surface area contributed by atoms with E-state index in [0.29, 0.717) is 0 Å². The summed E-state index contributed by atoms with van der Waals surface area (Å²) < 4.78 is 5.75. The zero-order chi connectivity index (χ0) is 14.4. The average Bonchev–Trinajstić information content (AvgIpc) is 2.42. The van der Waals surface area contributed by atoms with E-state index >= 15 is 0 Å². The van der Waals surface area contributed by atoms with Gasteiger partial charge in [-0.15, -0.1) is 0 Å². The first-order valence-electron chi connectivity index (χ1n) is 7.07. The number of hydrogen-bond donors (Lipinski definition) is 1. The van der Waals surface area contributed by atoms with Gasteiger partial charge >= 0.3 is 0 Å². The fourth-order valence-corrected chi connectivity index (χ4v) is 2.08. The lowest BCUT2D eigenvalue weighted by molar-refractivity contribution is 0.243. The molecule has 0 radical (unpaired) electrons. The molecule has 3 heteroatoms. The Balaban J connectivity index is 1.96. The van der Waals surface area contributed by atoms with Crippen molar-refractivity contribution in [1.82, 2.24) is 4.98 Å². The highest BCUT2D eigenvalue weighted by atomic mass is 16.5. The van der Waals surface area contributed by atoms with Crippen molar-refractivity contribution in [1.29, 1.82) is 0 Å². The highest BCUT2D eigenvalue weighted by Gasteiger charge is 2.06. The minimum Gasteiger partial charge on any atom is -0.487 e. The largest absolute Gasteiger partial charge is 0.487 e. The average molecular weight is 270 g/mol. The van der Waals surface area contributed by atoms with Gasteiger partial charge in [-0.25, -0.2) is 4.98 Å². The van der Waals surface area contributed by atoms with E-state index in [1.807, 2.05) is 26.0 Å². The molecule has 20 heavy (non-hydrogen) atoms. The minimum absolute atomic E-state index is 0.149. The van der Waals surface area contributed by atoms with Crippen LogP contribution in [0.15, 0.2) is 42.6 Å². The molecule has 2 rings (SSSR count). The third kappa shape index (κ3) is 3.98. The lowest BCUT2D eigenvalue weighted by Gasteiger charge is -2.14. The number of nitrogens with one attached hydrogen (secondary N) is 1. The molecule has 106 valence electrons. The van der Waals surface area contributed by atoms with E-state index in [1.165, 1.54) is 11.1 Å². The fraction of sp³-hybridized carbons (Fsp3) is 0.353. The van der Waals surface area contributed by atoms with Crippen LogP contribution in [0.25, 0.3) is 0 Å². The first kappa shape index (κ1) is 14.4. The first-order chi connectivity index (χ1) is 9.66. The van der Waals surface area contributed by atoms with Crippen molar-refractivity contribution in [2.24, 2.45) is 0 Å². The molecule has 0 unspecified atom stereocenters. The van der Waals surface area contributed by atoms with E-state index in [4.69, 9.17) is 4.74 Å². The summed E-state index contributed by atoms with van der Waals surface area (Å²) in [7, 11) is 0. The molecule has 3 nitrogen and oxygen atoms in total. The molecular weight excluding hydrogens is 248 g/mol. The molecule has 1 N–H and O–H groups in total. The Kier molecular flexibility index (Phi) is 4.99. The molecule has 0 saturated carbocycles. The maximum Gasteiger partial charge on any atom is 0.168 e. The van der Waals surface area contributed by atoms with Gasteiger partial charge in [0.05, 0.1) is 6.10 Å². The molecule has 1 aromatic carbocycles. The Bertz CT molecular complexity index is 552. The predicted molar refractivity (Wildman–Crippen MR) is 83.4 cm³/mol. The second-order valence-corrected chi connectivity index (χ2v) is 5.12. The van der Waals surface area contributed by atoms with Crippen molar-refractivity contribution in [2.75, 3.05) is 11.9 Å². The van der Waals surface area contributed by atoms with Gasteiger partial charge < -0.3 is 10.1 Å². The van der Waals surface area contributed by atoms with Crippen molar-refractivity contribution in [3.05, 3.63) is 53.7 Å². The molecule has 0 bridgehead atoms. The van der Waals surface area contributed by atoms with E-state index in [9.17, 15) is 0 Å². The summed E-state index contributed by atoms with van der Waals surface area (Å²) in [6, 6.07) is 12.3. The highest BCUT2D eigenvalue weighted by molar-refractivity contribution is 5.49. The number of nitrogens with zero attached hydrogens (tertiary/aromatic N) is 1. The topological polar surface area (TPSA) is 34.2 Å². The maximum atomic E-state index is 5.75. The summed E-state index contributed by atoms with van der Waals surface area (Å²) in [5.41, 5.74) is 2.69. The van der Waals surface area contributed by atoms with E-state index < -0.39 is 0 Å². The van der Waals surface area contributed by atoms with Gasteiger partial charge in [-0.2, -0.15) is 0 Å². The van der Waals surface area contributed by atoms with Gasteiger partial charge in [0.15, 0.2) is 11.6 Å². The Morgan fingerprint density at radius 3 is 2.70 bits per heavy atom. The van der Waals surface area contributed by atoms with Crippen LogP contribution < -0.4 is 10.1 Å². The molecule has 0 amide bonds. The molecule has 1 heterocycles. The maximum absolute atomic E-state index is 5.75. The van der Waals surface area contributed by atoms with E-state index in [-0.39, 0.29) is 6.10 Å². The van der Waals surface area contributed by atoms with Crippen molar-refractivity contribution in [2.45, 2.75) is 33.3 Å². The zero-order valence-electron chi connectivity index (χ0n) is 12.4. The number of aryl methyl sites for hydroxylation is 1. The second kappa shape index (κ2) is 6.94. The molecule has 1 aromatic heterocycles. The zero-order valence-corrected chi connectivity index (χ0v) is 12.4. The molecule has 0 aliphatic heterocycles. The third-order valence-electron chi connectivity index (χ3n) is 3.08. The minimum atomic E-state index is 0.149. The predicted octanol–water partition coefficient (Wildman–Crippen LogP) is 3.83. The monoisotopic (exact) mass is 270 g/mol. The van der Waals surface area contributed by atoms with E-state index in [0.717, 1.165) is 24.5 Å². The van der Waals surface area contributed by atoms with Gasteiger partial charge in [0, 0.05) is 12.7 Å². The van der Waals surface area contributed by atoms with Crippen molar-refractivity contribution in [3.8, 4) is 5.75 Å². The normalized spacial score (nSPS) is 10.6. The van der Waals surface area contributed by atoms with Crippen LogP contribution in [0.4, 0.5) is 5.82 Å². The van der Waals surface area contributed by atoms with Crippen molar-refractivity contribution < 1.29 is 4.74 Å². The molecule has 0 saturated heterocycles. The molecular formula is C17H22N2O. The van der Waals surface area contributed by atoms with Gasteiger partial charge in [0.25, 0.3) is 0 Å².